The lowest BCUT2D eigenvalue weighted by Gasteiger charge is -2.27. The number of hydrogen-bond acceptors (Lipinski definition) is 4. The van der Waals surface area contributed by atoms with Crippen molar-refractivity contribution in [1.29, 1.82) is 0 Å². The van der Waals surface area contributed by atoms with Gasteiger partial charge in [-0.05, 0) is 49.8 Å². The molecule has 1 N–H and O–H groups in total. The maximum absolute atomic E-state index is 13.2. The van der Waals surface area contributed by atoms with Gasteiger partial charge in [-0.3, -0.25) is 14.0 Å². The first-order chi connectivity index (χ1) is 13.7. The predicted molar refractivity (Wildman–Crippen MR) is 113 cm³/mol. The van der Waals surface area contributed by atoms with E-state index in [1.54, 1.807) is 41.5 Å². The molecule has 0 aliphatic rings. The summed E-state index contributed by atoms with van der Waals surface area (Å²) in [6.45, 7) is 7.58. The van der Waals surface area contributed by atoms with E-state index in [9.17, 15) is 13.4 Å². The van der Waals surface area contributed by atoms with Gasteiger partial charge >= 0.3 is 0 Å². The van der Waals surface area contributed by atoms with Crippen LogP contribution < -0.4 is 5.32 Å². The molecule has 0 spiro atoms. The number of halogens is 1. The first-order valence-corrected chi connectivity index (χ1v) is 10.4. The first kappa shape index (κ1) is 20.6. The summed E-state index contributed by atoms with van der Waals surface area (Å²) in [6.07, 6.45) is 7.86. The van der Waals surface area contributed by atoms with Crippen molar-refractivity contribution in [1.82, 2.24) is 20.1 Å². The number of carbonyl (C=O) groups excluding carboxylic acids is 1. The quantitative estimate of drug-likeness (QED) is 0.629. The second-order valence-corrected chi connectivity index (χ2v) is 8.33. The van der Waals surface area contributed by atoms with Crippen molar-refractivity contribution in [3.63, 3.8) is 0 Å². The summed E-state index contributed by atoms with van der Waals surface area (Å²) >= 11 is 0. The van der Waals surface area contributed by atoms with Gasteiger partial charge in [0.05, 0.1) is 34.7 Å². The molecule has 1 aromatic carbocycles. The minimum atomic E-state index is -1.10. The molecule has 3 aromatic rings. The van der Waals surface area contributed by atoms with E-state index in [-0.39, 0.29) is 11.7 Å². The van der Waals surface area contributed by atoms with Gasteiger partial charge in [0.1, 0.15) is 5.82 Å². The van der Waals surface area contributed by atoms with Crippen molar-refractivity contribution in [3.8, 4) is 5.69 Å². The number of pyridine rings is 1. The van der Waals surface area contributed by atoms with Crippen molar-refractivity contribution in [2.75, 3.05) is 6.26 Å². The van der Waals surface area contributed by atoms with Gasteiger partial charge in [-0.2, -0.15) is 5.10 Å². The third-order valence-electron chi connectivity index (χ3n) is 4.50. The van der Waals surface area contributed by atoms with Gasteiger partial charge < -0.3 is 5.32 Å². The van der Waals surface area contributed by atoms with Crippen molar-refractivity contribution in [3.05, 3.63) is 77.9 Å². The van der Waals surface area contributed by atoms with E-state index in [1.807, 2.05) is 13.8 Å². The Kier molecular flexibility index (Phi) is 5.74. The minimum Gasteiger partial charge on any atom is -0.343 e. The number of rotatable bonds is 6. The second kappa shape index (κ2) is 8.08. The normalized spacial score (nSPS) is 13.0. The molecule has 0 fully saturated rings. The standard InChI is InChI=1S/C21H21FN4O2S/c1-14(9-10-29(4)28)21(2,3)25-20(27)18-11-23-13-19-17(18)12-24-26(19)16-7-5-15(22)6-8-16/h5-13H,1H2,2-4H3,(H,25,27). The van der Waals surface area contributed by atoms with E-state index in [4.69, 9.17) is 0 Å². The third-order valence-corrected chi connectivity index (χ3v) is 5.02. The lowest BCUT2D eigenvalue weighted by atomic mass is 9.95. The SMILES string of the molecule is C=C(C=CS(C)=O)C(C)(C)NC(=O)c1cncc2c1cnn2-c1ccc(F)cc1. The highest BCUT2D eigenvalue weighted by atomic mass is 32.2. The van der Waals surface area contributed by atoms with Crippen molar-refractivity contribution >= 4 is 27.6 Å². The zero-order valence-corrected chi connectivity index (χ0v) is 17.2. The van der Waals surface area contributed by atoms with E-state index in [0.717, 1.165) is 0 Å². The van der Waals surface area contributed by atoms with Crippen LogP contribution in [0.3, 0.4) is 0 Å². The molecule has 6 nitrogen and oxygen atoms in total. The monoisotopic (exact) mass is 412 g/mol. The van der Waals surface area contributed by atoms with Crippen LogP contribution in [-0.4, -0.2) is 36.7 Å². The molecule has 0 radical (unpaired) electrons. The zero-order valence-electron chi connectivity index (χ0n) is 16.3. The summed E-state index contributed by atoms with van der Waals surface area (Å²) in [5.41, 5.74) is 1.50. The maximum Gasteiger partial charge on any atom is 0.254 e. The van der Waals surface area contributed by atoms with E-state index in [0.29, 0.717) is 27.7 Å². The molecule has 150 valence electrons. The molecule has 1 amide bonds. The fourth-order valence-corrected chi connectivity index (χ4v) is 3.08. The molecule has 8 heteroatoms. The largest absolute Gasteiger partial charge is 0.343 e. The van der Waals surface area contributed by atoms with Gasteiger partial charge in [0, 0.05) is 34.0 Å². The van der Waals surface area contributed by atoms with Crippen LogP contribution in [0, 0.1) is 5.82 Å². The van der Waals surface area contributed by atoms with Gasteiger partial charge in [-0.15, -0.1) is 0 Å². The fraction of sp³-hybridized carbons (Fsp3) is 0.190. The molecule has 1 atom stereocenters. The Morgan fingerprint density at radius 1 is 1.24 bits per heavy atom. The number of amides is 1. The highest BCUT2D eigenvalue weighted by Gasteiger charge is 2.25. The summed E-state index contributed by atoms with van der Waals surface area (Å²) in [5.74, 6) is -0.675. The molecular formula is C21H21FN4O2S. The topological polar surface area (TPSA) is 76.9 Å². The van der Waals surface area contributed by atoms with Crippen molar-refractivity contribution in [2.45, 2.75) is 19.4 Å². The second-order valence-electron chi connectivity index (χ2n) is 7.06. The average molecular weight is 412 g/mol. The lowest BCUT2D eigenvalue weighted by Crippen LogP contribution is -2.44. The number of nitrogens with zero attached hydrogens (tertiary/aromatic N) is 3. The van der Waals surface area contributed by atoms with E-state index in [2.05, 4.69) is 22.0 Å². The number of benzene rings is 1. The molecule has 0 saturated heterocycles. The summed E-state index contributed by atoms with van der Waals surface area (Å²) in [5, 5.41) is 9.40. The summed E-state index contributed by atoms with van der Waals surface area (Å²) in [4.78, 5) is 17.1. The number of nitrogens with one attached hydrogen (secondary N) is 1. The smallest absolute Gasteiger partial charge is 0.254 e. The predicted octanol–water partition coefficient (Wildman–Crippen LogP) is 3.52. The molecule has 0 aliphatic carbocycles. The van der Waals surface area contributed by atoms with Gasteiger partial charge in [-0.1, -0.05) is 6.58 Å². The molecule has 1 unspecified atom stereocenters. The molecule has 0 saturated carbocycles. The highest BCUT2D eigenvalue weighted by Crippen LogP contribution is 2.23. The van der Waals surface area contributed by atoms with Gasteiger partial charge in [0.15, 0.2) is 0 Å². The van der Waals surface area contributed by atoms with Gasteiger partial charge in [0.25, 0.3) is 5.91 Å². The number of hydrogen-bond donors (Lipinski definition) is 1. The average Bonchev–Trinajstić information content (AvgIpc) is 3.10. The van der Waals surface area contributed by atoms with E-state index < -0.39 is 16.3 Å². The summed E-state index contributed by atoms with van der Waals surface area (Å²) in [6, 6.07) is 5.90. The van der Waals surface area contributed by atoms with Crippen molar-refractivity contribution < 1.29 is 13.4 Å². The first-order valence-electron chi connectivity index (χ1n) is 8.79. The Hall–Kier alpha value is -3.13. The van der Waals surface area contributed by atoms with Crippen LogP contribution in [0.5, 0.6) is 0 Å². The zero-order chi connectivity index (χ0) is 21.2. The fourth-order valence-electron chi connectivity index (χ4n) is 2.73. The highest BCUT2D eigenvalue weighted by molar-refractivity contribution is 7.87. The third kappa shape index (κ3) is 4.48. The van der Waals surface area contributed by atoms with Crippen LogP contribution in [0.2, 0.25) is 0 Å². The van der Waals surface area contributed by atoms with Crippen LogP contribution >= 0.6 is 0 Å². The molecule has 0 bridgehead atoms. The Morgan fingerprint density at radius 2 is 1.93 bits per heavy atom. The van der Waals surface area contributed by atoms with Crippen LogP contribution in [0.4, 0.5) is 4.39 Å². The Balaban J connectivity index is 1.92. The summed E-state index contributed by atoms with van der Waals surface area (Å²) < 4.78 is 26.1. The van der Waals surface area contributed by atoms with Crippen LogP contribution in [0.15, 0.2) is 66.5 Å². The van der Waals surface area contributed by atoms with Gasteiger partial charge in [-0.25, -0.2) is 9.07 Å². The van der Waals surface area contributed by atoms with Crippen molar-refractivity contribution in [2.24, 2.45) is 0 Å². The molecule has 2 heterocycles. The molecular weight excluding hydrogens is 391 g/mol. The minimum absolute atomic E-state index is 0.334. The van der Waals surface area contributed by atoms with Gasteiger partial charge in [0.2, 0.25) is 0 Å². The Bertz CT molecular complexity index is 1130. The van der Waals surface area contributed by atoms with Crippen LogP contribution in [0.25, 0.3) is 16.6 Å². The molecule has 29 heavy (non-hydrogen) atoms. The van der Waals surface area contributed by atoms with Crippen LogP contribution in [0.1, 0.15) is 24.2 Å². The molecule has 2 aromatic heterocycles. The Labute approximate surface area is 170 Å². The molecule has 3 rings (SSSR count). The maximum atomic E-state index is 13.2. The van der Waals surface area contributed by atoms with Crippen LogP contribution in [-0.2, 0) is 10.8 Å². The Morgan fingerprint density at radius 3 is 2.59 bits per heavy atom. The number of aromatic nitrogens is 3. The number of carbonyl (C=O) groups is 1. The number of fused-ring (bicyclic) bond motifs is 1. The van der Waals surface area contributed by atoms with E-state index >= 15 is 0 Å². The van der Waals surface area contributed by atoms with E-state index in [1.165, 1.54) is 23.7 Å². The molecule has 0 aliphatic heterocycles. The summed E-state index contributed by atoms with van der Waals surface area (Å²) in [7, 11) is -1.10. The lowest BCUT2D eigenvalue weighted by molar-refractivity contribution is 0.0926.